The van der Waals surface area contributed by atoms with Crippen LogP contribution in [0.5, 0.6) is 11.5 Å². The van der Waals surface area contributed by atoms with E-state index < -0.39 is 0 Å². The Morgan fingerprint density at radius 1 is 0.913 bits per heavy atom. The van der Waals surface area contributed by atoms with Gasteiger partial charge < -0.3 is 9.47 Å². The smallest absolute Gasteiger partial charge is 0.308 e. The molecule has 2 aromatic rings. The Morgan fingerprint density at radius 3 is 1.83 bits per heavy atom. The molecule has 0 spiro atoms. The molecular formula is C20H24O3. The van der Waals surface area contributed by atoms with Crippen LogP contribution in [0, 0.1) is 13.8 Å². The van der Waals surface area contributed by atoms with Crippen LogP contribution in [0.3, 0.4) is 0 Å². The first-order valence-electron chi connectivity index (χ1n) is 7.70. The molecule has 0 N–H and O–H groups in total. The van der Waals surface area contributed by atoms with Crippen LogP contribution in [0.2, 0.25) is 0 Å². The second kappa shape index (κ2) is 6.45. The molecule has 2 rings (SSSR count). The maximum absolute atomic E-state index is 11.1. The third-order valence-corrected chi connectivity index (χ3v) is 4.24. The Bertz CT molecular complexity index is 730. The average Bonchev–Trinajstić information content (AvgIpc) is 2.45. The van der Waals surface area contributed by atoms with Crippen LogP contribution in [0.4, 0.5) is 0 Å². The topological polar surface area (TPSA) is 35.5 Å². The van der Waals surface area contributed by atoms with Gasteiger partial charge in [0.05, 0.1) is 7.11 Å². The predicted octanol–water partition coefficient (Wildman–Crippen LogP) is 4.56. The van der Waals surface area contributed by atoms with E-state index in [-0.39, 0.29) is 11.4 Å². The third-order valence-electron chi connectivity index (χ3n) is 4.24. The molecule has 0 aromatic heterocycles. The van der Waals surface area contributed by atoms with Crippen LogP contribution >= 0.6 is 0 Å². The lowest BCUT2D eigenvalue weighted by molar-refractivity contribution is -0.131. The summed E-state index contributed by atoms with van der Waals surface area (Å²) >= 11 is 0. The summed E-state index contributed by atoms with van der Waals surface area (Å²) in [5.41, 5.74) is 4.60. The number of ether oxygens (including phenoxy) is 2. The molecule has 0 radical (unpaired) electrons. The van der Waals surface area contributed by atoms with Gasteiger partial charge in [0.25, 0.3) is 0 Å². The first-order chi connectivity index (χ1) is 10.8. The van der Waals surface area contributed by atoms with E-state index in [4.69, 9.17) is 9.47 Å². The second-order valence-electron chi connectivity index (χ2n) is 6.38. The highest BCUT2D eigenvalue weighted by Crippen LogP contribution is 2.37. The van der Waals surface area contributed by atoms with E-state index in [0.29, 0.717) is 5.75 Å². The number of carbonyl (C=O) groups is 1. The second-order valence-corrected chi connectivity index (χ2v) is 6.38. The summed E-state index contributed by atoms with van der Waals surface area (Å²) in [6.07, 6.45) is 0. The minimum absolute atomic E-state index is 0.158. The fourth-order valence-electron chi connectivity index (χ4n) is 3.18. The summed E-state index contributed by atoms with van der Waals surface area (Å²) in [4.78, 5) is 11.1. The van der Waals surface area contributed by atoms with Crippen molar-refractivity contribution in [2.75, 3.05) is 7.11 Å². The Hall–Kier alpha value is -2.29. The maximum Gasteiger partial charge on any atom is 0.308 e. The van der Waals surface area contributed by atoms with Crippen LogP contribution in [0.1, 0.15) is 43.0 Å². The van der Waals surface area contributed by atoms with Gasteiger partial charge in [0.2, 0.25) is 0 Å². The number of esters is 1. The SMILES string of the molecule is COc1ccc(C(C)(C)c2ccc(OC(C)=O)cc2C)c(C)c1. The zero-order valence-electron chi connectivity index (χ0n) is 14.7. The minimum atomic E-state index is -0.303. The van der Waals surface area contributed by atoms with E-state index in [9.17, 15) is 4.79 Å². The molecule has 0 saturated heterocycles. The van der Waals surface area contributed by atoms with E-state index in [0.717, 1.165) is 11.3 Å². The van der Waals surface area contributed by atoms with Crippen molar-refractivity contribution in [2.45, 2.75) is 40.0 Å². The molecule has 0 aliphatic rings. The lowest BCUT2D eigenvalue weighted by atomic mass is 9.74. The lowest BCUT2D eigenvalue weighted by Gasteiger charge is -2.30. The van der Waals surface area contributed by atoms with Gasteiger partial charge in [-0.3, -0.25) is 4.79 Å². The van der Waals surface area contributed by atoms with E-state index in [1.54, 1.807) is 7.11 Å². The first-order valence-corrected chi connectivity index (χ1v) is 7.70. The van der Waals surface area contributed by atoms with E-state index in [1.165, 1.54) is 23.6 Å². The average molecular weight is 312 g/mol. The van der Waals surface area contributed by atoms with Gasteiger partial charge >= 0.3 is 5.97 Å². The predicted molar refractivity (Wildman–Crippen MR) is 92.3 cm³/mol. The summed E-state index contributed by atoms with van der Waals surface area (Å²) < 4.78 is 10.5. The van der Waals surface area contributed by atoms with Crippen molar-refractivity contribution < 1.29 is 14.3 Å². The highest BCUT2D eigenvalue weighted by Gasteiger charge is 2.27. The number of hydrogen-bond acceptors (Lipinski definition) is 3. The summed E-state index contributed by atoms with van der Waals surface area (Å²) in [5, 5.41) is 0. The van der Waals surface area contributed by atoms with Crippen molar-refractivity contribution in [1.29, 1.82) is 0 Å². The minimum Gasteiger partial charge on any atom is -0.497 e. The van der Waals surface area contributed by atoms with Crippen molar-refractivity contribution in [3.05, 3.63) is 58.7 Å². The molecule has 2 aromatic carbocycles. The largest absolute Gasteiger partial charge is 0.497 e. The summed E-state index contributed by atoms with van der Waals surface area (Å²) in [6.45, 7) is 9.96. The fourth-order valence-corrected chi connectivity index (χ4v) is 3.18. The Labute approximate surface area is 138 Å². The zero-order chi connectivity index (χ0) is 17.2. The quantitative estimate of drug-likeness (QED) is 0.613. The number of benzene rings is 2. The fraction of sp³-hybridized carbons (Fsp3) is 0.350. The molecule has 0 bridgehead atoms. The molecule has 0 unspecified atom stereocenters. The standard InChI is InChI=1S/C20H24O3/c1-13-11-16(22-6)7-9-18(13)20(4,5)19-10-8-17(12-14(19)2)23-15(3)21/h7-12H,1-6H3. The molecule has 0 aliphatic heterocycles. The number of carbonyl (C=O) groups excluding carboxylic acids is 1. The molecule has 3 heteroatoms. The van der Waals surface area contributed by atoms with Crippen molar-refractivity contribution in [3.8, 4) is 11.5 Å². The highest BCUT2D eigenvalue weighted by atomic mass is 16.5. The lowest BCUT2D eigenvalue weighted by Crippen LogP contribution is -2.21. The van der Waals surface area contributed by atoms with Crippen LogP contribution in [0.15, 0.2) is 36.4 Å². The summed E-state index contributed by atoms with van der Waals surface area (Å²) in [6, 6.07) is 12.0. The van der Waals surface area contributed by atoms with Crippen molar-refractivity contribution in [2.24, 2.45) is 0 Å². The Balaban J connectivity index is 2.45. The van der Waals surface area contributed by atoms with Crippen LogP contribution in [-0.4, -0.2) is 13.1 Å². The maximum atomic E-state index is 11.1. The van der Waals surface area contributed by atoms with Gasteiger partial charge in [-0.1, -0.05) is 26.0 Å². The van der Waals surface area contributed by atoms with Gasteiger partial charge in [0.1, 0.15) is 11.5 Å². The van der Waals surface area contributed by atoms with Gasteiger partial charge in [0.15, 0.2) is 0 Å². The Kier molecular flexibility index (Phi) is 4.79. The molecule has 0 atom stereocenters. The molecule has 122 valence electrons. The van der Waals surface area contributed by atoms with E-state index in [2.05, 4.69) is 32.9 Å². The highest BCUT2D eigenvalue weighted by molar-refractivity contribution is 5.69. The summed E-state index contributed by atoms with van der Waals surface area (Å²) in [5.74, 6) is 1.15. The molecule has 0 saturated carbocycles. The number of aryl methyl sites for hydroxylation is 2. The third kappa shape index (κ3) is 3.55. The zero-order valence-corrected chi connectivity index (χ0v) is 14.7. The molecule has 0 amide bonds. The summed E-state index contributed by atoms with van der Waals surface area (Å²) in [7, 11) is 1.68. The van der Waals surface area contributed by atoms with Gasteiger partial charge in [-0.15, -0.1) is 0 Å². The van der Waals surface area contributed by atoms with Crippen LogP contribution in [-0.2, 0) is 10.2 Å². The van der Waals surface area contributed by atoms with Gasteiger partial charge in [-0.05, 0) is 60.4 Å². The van der Waals surface area contributed by atoms with Crippen molar-refractivity contribution in [3.63, 3.8) is 0 Å². The number of hydrogen-bond donors (Lipinski definition) is 0. The molecule has 23 heavy (non-hydrogen) atoms. The first kappa shape index (κ1) is 17.1. The molecular weight excluding hydrogens is 288 g/mol. The molecule has 3 nitrogen and oxygen atoms in total. The van der Waals surface area contributed by atoms with Gasteiger partial charge in [-0.25, -0.2) is 0 Å². The van der Waals surface area contributed by atoms with Crippen molar-refractivity contribution in [1.82, 2.24) is 0 Å². The van der Waals surface area contributed by atoms with E-state index >= 15 is 0 Å². The monoisotopic (exact) mass is 312 g/mol. The normalized spacial score (nSPS) is 11.2. The van der Waals surface area contributed by atoms with Crippen molar-refractivity contribution >= 4 is 5.97 Å². The Morgan fingerprint density at radius 2 is 1.39 bits per heavy atom. The molecule has 0 fully saturated rings. The van der Waals surface area contributed by atoms with Crippen LogP contribution in [0.25, 0.3) is 0 Å². The molecule has 0 heterocycles. The number of rotatable bonds is 4. The molecule has 0 aliphatic carbocycles. The number of methoxy groups -OCH3 is 1. The van der Waals surface area contributed by atoms with Gasteiger partial charge in [-0.2, -0.15) is 0 Å². The van der Waals surface area contributed by atoms with Crippen LogP contribution < -0.4 is 9.47 Å². The van der Waals surface area contributed by atoms with Gasteiger partial charge in [0, 0.05) is 12.3 Å². The van der Waals surface area contributed by atoms with E-state index in [1.807, 2.05) is 31.2 Å².